The Labute approximate surface area is 126 Å². The normalized spacial score (nSPS) is 26.8. The number of likely N-dealkylation sites (N-methyl/N-ethyl adjacent to an activating group) is 1. The van der Waals surface area contributed by atoms with Crippen molar-refractivity contribution in [3.8, 4) is 0 Å². The highest BCUT2D eigenvalue weighted by Gasteiger charge is 2.31. The Balaban J connectivity index is 1.70. The van der Waals surface area contributed by atoms with Gasteiger partial charge in [0.1, 0.15) is 0 Å². The molecule has 4 nitrogen and oxygen atoms in total. The van der Waals surface area contributed by atoms with Crippen LogP contribution in [0.1, 0.15) is 31.7 Å². The number of rotatable bonds is 3. The summed E-state index contributed by atoms with van der Waals surface area (Å²) in [5, 5.41) is 6.64. The van der Waals surface area contributed by atoms with Gasteiger partial charge >= 0.3 is 0 Å². The van der Waals surface area contributed by atoms with Crippen molar-refractivity contribution in [2.45, 2.75) is 44.7 Å². The molecule has 2 N–H and O–H groups in total. The van der Waals surface area contributed by atoms with Crippen LogP contribution in [0.5, 0.6) is 0 Å². The summed E-state index contributed by atoms with van der Waals surface area (Å²) >= 11 is 0. The first kappa shape index (κ1) is 14.5. The second-order valence-corrected chi connectivity index (χ2v) is 6.09. The predicted molar refractivity (Wildman–Crippen MR) is 85.5 cm³/mol. The van der Waals surface area contributed by atoms with Gasteiger partial charge in [0, 0.05) is 18.3 Å². The second kappa shape index (κ2) is 6.58. The number of nitrogens with zero attached hydrogens (tertiary/aromatic N) is 1. The number of benzene rings is 1. The SMILES string of the molecule is CCNC1CCCN(C2CCc3ccccc3NC2=O)C1. The first-order valence-electron chi connectivity index (χ1n) is 8.14. The second-order valence-electron chi connectivity index (χ2n) is 6.09. The summed E-state index contributed by atoms with van der Waals surface area (Å²) < 4.78 is 0. The largest absolute Gasteiger partial charge is 0.324 e. The van der Waals surface area contributed by atoms with E-state index in [0.717, 1.165) is 38.2 Å². The standard InChI is InChI=1S/C17H25N3O/c1-2-18-14-7-5-11-20(12-14)16-10-9-13-6-3-4-8-15(13)19-17(16)21/h3-4,6,8,14,16,18H,2,5,7,9-12H2,1H3,(H,19,21). The van der Waals surface area contributed by atoms with Gasteiger partial charge in [0.05, 0.1) is 6.04 Å². The van der Waals surface area contributed by atoms with Crippen molar-refractivity contribution < 1.29 is 4.79 Å². The van der Waals surface area contributed by atoms with E-state index in [2.05, 4.69) is 28.5 Å². The van der Waals surface area contributed by atoms with E-state index in [4.69, 9.17) is 0 Å². The Kier molecular flexibility index (Phi) is 4.56. The van der Waals surface area contributed by atoms with Crippen LogP contribution in [-0.4, -0.2) is 42.5 Å². The number of aryl methyl sites for hydroxylation is 1. The minimum absolute atomic E-state index is 0.0128. The molecule has 3 rings (SSSR count). The van der Waals surface area contributed by atoms with E-state index < -0.39 is 0 Å². The third kappa shape index (κ3) is 3.27. The summed E-state index contributed by atoms with van der Waals surface area (Å²) in [5.74, 6) is 0.164. The van der Waals surface area contributed by atoms with Crippen LogP contribution >= 0.6 is 0 Å². The number of fused-ring (bicyclic) bond motifs is 1. The van der Waals surface area contributed by atoms with E-state index in [1.807, 2.05) is 18.2 Å². The van der Waals surface area contributed by atoms with Crippen molar-refractivity contribution in [3.63, 3.8) is 0 Å². The van der Waals surface area contributed by atoms with E-state index in [9.17, 15) is 4.79 Å². The highest BCUT2D eigenvalue weighted by Crippen LogP contribution is 2.25. The van der Waals surface area contributed by atoms with Gasteiger partial charge < -0.3 is 10.6 Å². The van der Waals surface area contributed by atoms with Gasteiger partial charge in [-0.15, -0.1) is 0 Å². The highest BCUT2D eigenvalue weighted by atomic mass is 16.2. The van der Waals surface area contributed by atoms with Crippen molar-refractivity contribution >= 4 is 11.6 Å². The molecule has 1 aromatic rings. The molecule has 114 valence electrons. The lowest BCUT2D eigenvalue weighted by atomic mass is 10.00. The Morgan fingerprint density at radius 1 is 1.33 bits per heavy atom. The third-order valence-corrected chi connectivity index (χ3v) is 4.65. The molecule has 2 aliphatic rings. The zero-order chi connectivity index (χ0) is 14.7. The highest BCUT2D eigenvalue weighted by molar-refractivity contribution is 5.96. The lowest BCUT2D eigenvalue weighted by Gasteiger charge is -2.37. The molecule has 2 unspecified atom stereocenters. The zero-order valence-electron chi connectivity index (χ0n) is 12.8. The van der Waals surface area contributed by atoms with Crippen LogP contribution in [0.4, 0.5) is 5.69 Å². The number of carbonyl (C=O) groups is 1. The van der Waals surface area contributed by atoms with Crippen LogP contribution < -0.4 is 10.6 Å². The molecule has 1 saturated heterocycles. The van der Waals surface area contributed by atoms with E-state index in [1.165, 1.54) is 18.4 Å². The zero-order valence-corrected chi connectivity index (χ0v) is 12.8. The van der Waals surface area contributed by atoms with Gasteiger partial charge in [-0.25, -0.2) is 0 Å². The van der Waals surface area contributed by atoms with E-state index in [0.29, 0.717) is 6.04 Å². The lowest BCUT2D eigenvalue weighted by Crippen LogP contribution is -2.52. The summed E-state index contributed by atoms with van der Waals surface area (Å²) in [5.41, 5.74) is 2.25. The number of hydrogen-bond acceptors (Lipinski definition) is 3. The van der Waals surface area contributed by atoms with Gasteiger partial charge in [-0.05, 0) is 50.4 Å². The molecule has 0 spiro atoms. The molecular weight excluding hydrogens is 262 g/mol. The maximum atomic E-state index is 12.6. The van der Waals surface area contributed by atoms with Crippen LogP contribution in [0.2, 0.25) is 0 Å². The Morgan fingerprint density at radius 3 is 3.05 bits per heavy atom. The summed E-state index contributed by atoms with van der Waals surface area (Å²) in [7, 11) is 0. The lowest BCUT2D eigenvalue weighted by molar-refractivity contribution is -0.122. The number of piperidine rings is 1. The van der Waals surface area contributed by atoms with Gasteiger partial charge in [0.25, 0.3) is 0 Å². The average Bonchev–Trinajstić information content (AvgIpc) is 2.66. The molecule has 2 heterocycles. The molecule has 21 heavy (non-hydrogen) atoms. The molecular formula is C17H25N3O. The summed E-state index contributed by atoms with van der Waals surface area (Å²) in [6.45, 7) is 5.17. The summed E-state index contributed by atoms with van der Waals surface area (Å²) in [6.07, 6.45) is 4.29. The summed E-state index contributed by atoms with van der Waals surface area (Å²) in [6, 6.07) is 8.71. The fraction of sp³-hybridized carbons (Fsp3) is 0.588. The molecule has 1 amide bonds. The number of nitrogens with one attached hydrogen (secondary N) is 2. The van der Waals surface area contributed by atoms with Gasteiger partial charge in [-0.1, -0.05) is 25.1 Å². The van der Waals surface area contributed by atoms with Crippen molar-refractivity contribution in [1.82, 2.24) is 10.2 Å². The monoisotopic (exact) mass is 287 g/mol. The van der Waals surface area contributed by atoms with Gasteiger partial charge in [0.2, 0.25) is 5.91 Å². The number of hydrogen-bond donors (Lipinski definition) is 2. The van der Waals surface area contributed by atoms with Crippen molar-refractivity contribution in [3.05, 3.63) is 29.8 Å². The topological polar surface area (TPSA) is 44.4 Å². The first-order valence-corrected chi connectivity index (χ1v) is 8.14. The number of anilines is 1. The van der Waals surface area contributed by atoms with Crippen LogP contribution in [-0.2, 0) is 11.2 Å². The van der Waals surface area contributed by atoms with E-state index >= 15 is 0 Å². The van der Waals surface area contributed by atoms with Gasteiger partial charge in [0.15, 0.2) is 0 Å². The van der Waals surface area contributed by atoms with Gasteiger partial charge in [-0.2, -0.15) is 0 Å². The molecule has 1 fully saturated rings. The molecule has 0 radical (unpaired) electrons. The van der Waals surface area contributed by atoms with Gasteiger partial charge in [-0.3, -0.25) is 9.69 Å². The Morgan fingerprint density at radius 2 is 2.19 bits per heavy atom. The molecule has 4 heteroatoms. The number of likely N-dealkylation sites (tertiary alicyclic amines) is 1. The first-order chi connectivity index (χ1) is 10.3. The quantitative estimate of drug-likeness (QED) is 0.894. The molecule has 0 bridgehead atoms. The van der Waals surface area contributed by atoms with Crippen molar-refractivity contribution in [2.24, 2.45) is 0 Å². The number of amides is 1. The number of carbonyl (C=O) groups excluding carboxylic acids is 1. The average molecular weight is 287 g/mol. The van der Waals surface area contributed by atoms with Crippen LogP contribution in [0.15, 0.2) is 24.3 Å². The van der Waals surface area contributed by atoms with E-state index in [-0.39, 0.29) is 11.9 Å². The fourth-order valence-corrected chi connectivity index (χ4v) is 3.59. The Hall–Kier alpha value is -1.39. The van der Waals surface area contributed by atoms with Crippen LogP contribution in [0.3, 0.4) is 0 Å². The maximum absolute atomic E-state index is 12.6. The Bertz CT molecular complexity index is 501. The smallest absolute Gasteiger partial charge is 0.241 e. The maximum Gasteiger partial charge on any atom is 0.241 e. The fourth-order valence-electron chi connectivity index (χ4n) is 3.59. The molecule has 2 atom stereocenters. The minimum atomic E-state index is 0.0128. The molecule has 1 aromatic carbocycles. The van der Waals surface area contributed by atoms with E-state index in [1.54, 1.807) is 0 Å². The molecule has 0 aliphatic carbocycles. The molecule has 0 saturated carbocycles. The third-order valence-electron chi connectivity index (χ3n) is 4.65. The molecule has 2 aliphatic heterocycles. The van der Waals surface area contributed by atoms with Crippen molar-refractivity contribution in [1.29, 1.82) is 0 Å². The summed E-state index contributed by atoms with van der Waals surface area (Å²) in [4.78, 5) is 14.9. The predicted octanol–water partition coefficient (Wildman–Crippen LogP) is 2.01. The molecule has 0 aromatic heterocycles. The van der Waals surface area contributed by atoms with Crippen LogP contribution in [0.25, 0.3) is 0 Å². The van der Waals surface area contributed by atoms with Crippen LogP contribution in [0, 0.1) is 0 Å². The minimum Gasteiger partial charge on any atom is -0.324 e. The van der Waals surface area contributed by atoms with Crippen molar-refractivity contribution in [2.75, 3.05) is 25.0 Å². The number of para-hydroxylation sites is 1.